The van der Waals surface area contributed by atoms with Gasteiger partial charge in [-0.05, 0) is 35.0 Å². The monoisotopic (exact) mass is 475 g/mol. The molecule has 0 unspecified atom stereocenters. The molecular formula is C18H14BrF4N3O3. The van der Waals surface area contributed by atoms with E-state index < -0.39 is 41.5 Å². The molecule has 0 atom stereocenters. The van der Waals surface area contributed by atoms with Crippen molar-refractivity contribution in [3.63, 3.8) is 0 Å². The molecule has 0 bridgehead atoms. The number of amides is 1. The van der Waals surface area contributed by atoms with Crippen LogP contribution >= 0.6 is 15.9 Å². The minimum absolute atomic E-state index is 0.0263. The van der Waals surface area contributed by atoms with E-state index in [0.29, 0.717) is 6.54 Å². The minimum Gasteiger partial charge on any atom is -0.479 e. The molecule has 1 N–H and O–H groups in total. The molecule has 1 amide bonds. The third-order valence-electron chi connectivity index (χ3n) is 3.93. The number of nitrogens with one attached hydrogen (secondary N) is 1. The minimum atomic E-state index is -1.66. The molecule has 154 valence electrons. The van der Waals surface area contributed by atoms with Crippen LogP contribution in [0, 0.1) is 23.3 Å². The molecule has 29 heavy (non-hydrogen) atoms. The van der Waals surface area contributed by atoms with Gasteiger partial charge >= 0.3 is 0 Å². The smallest absolute Gasteiger partial charge is 0.287 e. The first kappa shape index (κ1) is 20.9. The summed E-state index contributed by atoms with van der Waals surface area (Å²) in [6.07, 6.45) is 1.61. The SMILES string of the molecule is CCn1ncc(Br)c1CNC(=O)c1ccc(COc2c(F)c(F)cc(F)c2F)o1. The molecular weight excluding hydrogens is 462 g/mol. The summed E-state index contributed by atoms with van der Waals surface area (Å²) in [5, 5.41) is 6.79. The predicted octanol–water partition coefficient (Wildman–Crippen LogP) is 4.32. The van der Waals surface area contributed by atoms with E-state index in [-0.39, 0.29) is 24.1 Å². The Hall–Kier alpha value is -2.82. The summed E-state index contributed by atoms with van der Waals surface area (Å²) in [5.74, 6) is -8.29. The van der Waals surface area contributed by atoms with E-state index in [9.17, 15) is 22.4 Å². The summed E-state index contributed by atoms with van der Waals surface area (Å²) >= 11 is 3.34. The van der Waals surface area contributed by atoms with E-state index in [1.165, 1.54) is 12.1 Å². The van der Waals surface area contributed by atoms with Gasteiger partial charge in [-0.1, -0.05) is 0 Å². The van der Waals surface area contributed by atoms with Crippen molar-refractivity contribution in [3.05, 3.63) is 69.4 Å². The van der Waals surface area contributed by atoms with Crippen LogP contribution in [0.5, 0.6) is 5.75 Å². The molecule has 0 fully saturated rings. The zero-order chi connectivity index (χ0) is 21.1. The highest BCUT2D eigenvalue weighted by Gasteiger charge is 2.21. The zero-order valence-corrected chi connectivity index (χ0v) is 16.5. The molecule has 2 aromatic heterocycles. The van der Waals surface area contributed by atoms with Crippen molar-refractivity contribution in [1.82, 2.24) is 15.1 Å². The topological polar surface area (TPSA) is 69.3 Å². The van der Waals surface area contributed by atoms with Crippen LogP contribution in [-0.4, -0.2) is 15.7 Å². The van der Waals surface area contributed by atoms with Gasteiger partial charge in [-0.15, -0.1) is 0 Å². The Labute approximate surface area is 170 Å². The van der Waals surface area contributed by atoms with Crippen LogP contribution < -0.4 is 10.1 Å². The lowest BCUT2D eigenvalue weighted by Crippen LogP contribution is -2.24. The number of rotatable bonds is 7. The summed E-state index contributed by atoms with van der Waals surface area (Å²) < 4.78 is 66.1. The van der Waals surface area contributed by atoms with Gasteiger partial charge in [0.25, 0.3) is 5.91 Å². The number of ether oxygens (including phenoxy) is 1. The van der Waals surface area contributed by atoms with E-state index in [1.54, 1.807) is 10.9 Å². The van der Waals surface area contributed by atoms with Gasteiger partial charge in [0.2, 0.25) is 11.6 Å². The van der Waals surface area contributed by atoms with Crippen molar-refractivity contribution in [3.8, 4) is 5.75 Å². The van der Waals surface area contributed by atoms with E-state index in [0.717, 1.165) is 10.2 Å². The highest BCUT2D eigenvalue weighted by atomic mass is 79.9. The Morgan fingerprint density at radius 1 is 1.24 bits per heavy atom. The Morgan fingerprint density at radius 2 is 1.93 bits per heavy atom. The first-order valence-electron chi connectivity index (χ1n) is 8.34. The second-order valence-electron chi connectivity index (χ2n) is 5.79. The first-order chi connectivity index (χ1) is 13.8. The second-order valence-corrected chi connectivity index (χ2v) is 6.64. The van der Waals surface area contributed by atoms with Gasteiger partial charge in [0.05, 0.1) is 22.9 Å². The molecule has 11 heteroatoms. The van der Waals surface area contributed by atoms with E-state index in [1.807, 2.05) is 6.92 Å². The van der Waals surface area contributed by atoms with Crippen molar-refractivity contribution in [2.75, 3.05) is 0 Å². The molecule has 0 spiro atoms. The number of carbonyl (C=O) groups excluding carboxylic acids is 1. The van der Waals surface area contributed by atoms with Crippen LogP contribution in [0.1, 0.15) is 28.9 Å². The average molecular weight is 476 g/mol. The normalized spacial score (nSPS) is 11.0. The molecule has 0 saturated heterocycles. The number of carbonyl (C=O) groups is 1. The fraction of sp³-hybridized carbons (Fsp3) is 0.222. The van der Waals surface area contributed by atoms with Gasteiger partial charge < -0.3 is 14.5 Å². The van der Waals surface area contributed by atoms with Crippen LogP contribution in [0.2, 0.25) is 0 Å². The number of furan rings is 1. The van der Waals surface area contributed by atoms with Gasteiger partial charge in [0.15, 0.2) is 23.1 Å². The summed E-state index contributed by atoms with van der Waals surface area (Å²) in [6, 6.07) is 2.75. The lowest BCUT2D eigenvalue weighted by molar-refractivity contribution is 0.0917. The van der Waals surface area contributed by atoms with E-state index >= 15 is 0 Å². The second kappa shape index (κ2) is 8.68. The van der Waals surface area contributed by atoms with Gasteiger partial charge in [-0.25, -0.2) is 8.78 Å². The quantitative estimate of drug-likeness (QED) is 0.408. The lowest BCUT2D eigenvalue weighted by Gasteiger charge is -2.08. The maximum atomic E-state index is 13.6. The highest BCUT2D eigenvalue weighted by Crippen LogP contribution is 2.27. The fourth-order valence-corrected chi connectivity index (χ4v) is 2.92. The van der Waals surface area contributed by atoms with Crippen LogP contribution in [0.25, 0.3) is 0 Å². The molecule has 3 rings (SSSR count). The number of benzene rings is 1. The average Bonchev–Trinajstić information content (AvgIpc) is 3.31. The van der Waals surface area contributed by atoms with Gasteiger partial charge in [-0.3, -0.25) is 9.48 Å². The van der Waals surface area contributed by atoms with Gasteiger partial charge in [-0.2, -0.15) is 13.9 Å². The zero-order valence-electron chi connectivity index (χ0n) is 14.9. The maximum Gasteiger partial charge on any atom is 0.287 e. The van der Waals surface area contributed by atoms with Crippen molar-refractivity contribution in [2.45, 2.75) is 26.6 Å². The van der Waals surface area contributed by atoms with Crippen LogP contribution in [0.4, 0.5) is 17.6 Å². The predicted molar refractivity (Wildman–Crippen MR) is 96.1 cm³/mol. The van der Waals surface area contributed by atoms with Crippen LogP contribution in [0.15, 0.2) is 33.3 Å². The number of hydrogen-bond donors (Lipinski definition) is 1. The van der Waals surface area contributed by atoms with E-state index in [4.69, 9.17) is 9.15 Å². The number of hydrogen-bond acceptors (Lipinski definition) is 4. The summed E-state index contributed by atoms with van der Waals surface area (Å²) in [7, 11) is 0. The summed E-state index contributed by atoms with van der Waals surface area (Å²) in [5.41, 5.74) is 0.759. The third kappa shape index (κ3) is 4.44. The van der Waals surface area contributed by atoms with E-state index in [2.05, 4.69) is 26.3 Å². The summed E-state index contributed by atoms with van der Waals surface area (Å²) in [6.45, 7) is 2.16. The molecule has 1 aromatic carbocycles. The van der Waals surface area contributed by atoms with Crippen molar-refractivity contribution >= 4 is 21.8 Å². The van der Waals surface area contributed by atoms with Crippen molar-refractivity contribution < 1.29 is 31.5 Å². The fourth-order valence-electron chi connectivity index (χ4n) is 2.49. The van der Waals surface area contributed by atoms with Crippen LogP contribution in [0.3, 0.4) is 0 Å². The Kier molecular flexibility index (Phi) is 6.26. The lowest BCUT2D eigenvalue weighted by atomic mass is 10.3. The molecule has 2 heterocycles. The van der Waals surface area contributed by atoms with Crippen molar-refractivity contribution in [2.24, 2.45) is 0 Å². The molecule has 0 aliphatic heterocycles. The number of nitrogens with zero attached hydrogens (tertiary/aromatic N) is 2. The maximum absolute atomic E-state index is 13.6. The molecule has 6 nitrogen and oxygen atoms in total. The summed E-state index contributed by atoms with van der Waals surface area (Å²) in [4.78, 5) is 12.2. The molecule has 0 aliphatic rings. The van der Waals surface area contributed by atoms with Gasteiger partial charge in [0.1, 0.15) is 12.4 Å². The largest absolute Gasteiger partial charge is 0.479 e. The Bertz CT molecular complexity index is 1030. The standard InChI is InChI=1S/C18H14BrF4N3O3/c1-2-26-13(10(19)6-25-26)7-24-18(27)14-4-3-9(29-14)8-28-17-15(22)11(20)5-12(21)16(17)23/h3-6H,2,7-8H2,1H3,(H,24,27). The number of aromatic nitrogens is 2. The third-order valence-corrected chi connectivity index (χ3v) is 4.59. The highest BCUT2D eigenvalue weighted by molar-refractivity contribution is 9.10. The number of aryl methyl sites for hydroxylation is 1. The van der Waals surface area contributed by atoms with Crippen LogP contribution in [-0.2, 0) is 19.7 Å². The molecule has 0 saturated carbocycles. The molecule has 0 radical (unpaired) electrons. The van der Waals surface area contributed by atoms with Gasteiger partial charge in [0, 0.05) is 12.6 Å². The first-order valence-corrected chi connectivity index (χ1v) is 9.14. The Morgan fingerprint density at radius 3 is 2.59 bits per heavy atom. The molecule has 0 aliphatic carbocycles. The molecule has 3 aromatic rings. The van der Waals surface area contributed by atoms with Crippen molar-refractivity contribution in [1.29, 1.82) is 0 Å². The Balaban J connectivity index is 1.64. The number of halogens is 5.